The van der Waals surface area contributed by atoms with Gasteiger partial charge in [0.2, 0.25) is 0 Å². The zero-order valence-corrected chi connectivity index (χ0v) is 9.30. The van der Waals surface area contributed by atoms with Gasteiger partial charge < -0.3 is 10.1 Å². The van der Waals surface area contributed by atoms with Crippen LogP contribution in [0.4, 0.5) is 0 Å². The highest BCUT2D eigenvalue weighted by Gasteiger charge is 2.23. The Hall–Kier alpha value is -0.0800. The molecular formula is C12H23NO. The van der Waals surface area contributed by atoms with Gasteiger partial charge in [-0.05, 0) is 50.5 Å². The van der Waals surface area contributed by atoms with Crippen molar-refractivity contribution in [3.05, 3.63) is 0 Å². The lowest BCUT2D eigenvalue weighted by atomic mass is 9.87. The third-order valence-electron chi connectivity index (χ3n) is 3.61. The van der Waals surface area contributed by atoms with E-state index in [0.717, 1.165) is 31.1 Å². The minimum atomic E-state index is 0.824. The average molecular weight is 197 g/mol. The van der Waals surface area contributed by atoms with Crippen molar-refractivity contribution < 1.29 is 4.74 Å². The molecule has 2 heteroatoms. The van der Waals surface area contributed by atoms with Gasteiger partial charge in [-0.2, -0.15) is 0 Å². The standard InChI is InChI=1S/C12H23NO/c1-10(6-7-13-12-4-5-12)11-3-2-8-14-9-11/h10-13H,2-9H2,1H3. The van der Waals surface area contributed by atoms with Crippen LogP contribution in [0.3, 0.4) is 0 Å². The first-order valence-corrected chi connectivity index (χ1v) is 6.17. The Morgan fingerprint density at radius 1 is 1.36 bits per heavy atom. The van der Waals surface area contributed by atoms with Crippen LogP contribution in [-0.4, -0.2) is 25.8 Å². The number of hydrogen-bond donors (Lipinski definition) is 1. The molecule has 1 aliphatic carbocycles. The maximum Gasteiger partial charge on any atom is 0.0496 e. The first-order chi connectivity index (χ1) is 6.86. The molecular weight excluding hydrogens is 174 g/mol. The summed E-state index contributed by atoms with van der Waals surface area (Å²) >= 11 is 0. The second-order valence-corrected chi connectivity index (χ2v) is 4.97. The van der Waals surface area contributed by atoms with Crippen molar-refractivity contribution in [2.24, 2.45) is 11.8 Å². The quantitative estimate of drug-likeness (QED) is 0.729. The third kappa shape index (κ3) is 3.25. The first-order valence-electron chi connectivity index (χ1n) is 6.17. The molecule has 0 amide bonds. The first kappa shape index (κ1) is 10.4. The van der Waals surface area contributed by atoms with E-state index >= 15 is 0 Å². The fraction of sp³-hybridized carbons (Fsp3) is 1.00. The molecule has 2 nitrogen and oxygen atoms in total. The SMILES string of the molecule is CC(CCNC1CC1)C1CCCOC1. The van der Waals surface area contributed by atoms with Crippen molar-refractivity contribution >= 4 is 0 Å². The van der Waals surface area contributed by atoms with Gasteiger partial charge in [0.1, 0.15) is 0 Å². The zero-order valence-electron chi connectivity index (χ0n) is 9.30. The second-order valence-electron chi connectivity index (χ2n) is 4.97. The summed E-state index contributed by atoms with van der Waals surface area (Å²) in [4.78, 5) is 0. The van der Waals surface area contributed by atoms with Crippen LogP contribution in [-0.2, 0) is 4.74 Å². The lowest BCUT2D eigenvalue weighted by Crippen LogP contribution is -2.27. The van der Waals surface area contributed by atoms with Crippen molar-refractivity contribution in [2.75, 3.05) is 19.8 Å². The molecule has 1 saturated heterocycles. The van der Waals surface area contributed by atoms with Crippen molar-refractivity contribution in [3.63, 3.8) is 0 Å². The maximum atomic E-state index is 5.52. The van der Waals surface area contributed by atoms with Gasteiger partial charge in [-0.15, -0.1) is 0 Å². The molecule has 14 heavy (non-hydrogen) atoms. The van der Waals surface area contributed by atoms with Crippen LogP contribution in [0, 0.1) is 11.8 Å². The Balaban J connectivity index is 1.57. The van der Waals surface area contributed by atoms with Crippen molar-refractivity contribution in [1.82, 2.24) is 5.32 Å². The number of nitrogens with one attached hydrogen (secondary N) is 1. The molecule has 0 aromatic heterocycles. The normalized spacial score (nSPS) is 30.2. The zero-order chi connectivity index (χ0) is 9.80. The summed E-state index contributed by atoms with van der Waals surface area (Å²) in [5, 5.41) is 3.59. The molecule has 1 N–H and O–H groups in total. The monoisotopic (exact) mass is 197 g/mol. The average Bonchev–Trinajstić information content (AvgIpc) is 3.03. The smallest absolute Gasteiger partial charge is 0.0496 e. The molecule has 2 rings (SSSR count). The molecule has 1 aliphatic heterocycles. The highest BCUT2D eigenvalue weighted by atomic mass is 16.5. The van der Waals surface area contributed by atoms with E-state index in [1.165, 1.54) is 38.6 Å². The van der Waals surface area contributed by atoms with Crippen LogP contribution in [0.5, 0.6) is 0 Å². The molecule has 2 aliphatic rings. The van der Waals surface area contributed by atoms with Crippen LogP contribution >= 0.6 is 0 Å². The molecule has 1 heterocycles. The van der Waals surface area contributed by atoms with Crippen molar-refractivity contribution in [3.8, 4) is 0 Å². The second kappa shape index (κ2) is 5.13. The maximum absolute atomic E-state index is 5.52. The Kier molecular flexibility index (Phi) is 3.82. The molecule has 2 fully saturated rings. The molecule has 1 saturated carbocycles. The largest absolute Gasteiger partial charge is 0.381 e. The summed E-state index contributed by atoms with van der Waals surface area (Å²) in [6, 6.07) is 0.866. The van der Waals surface area contributed by atoms with Crippen molar-refractivity contribution in [2.45, 2.75) is 45.1 Å². The Morgan fingerprint density at radius 3 is 2.86 bits per heavy atom. The lowest BCUT2D eigenvalue weighted by molar-refractivity contribution is 0.0324. The predicted octanol–water partition coefficient (Wildman–Crippen LogP) is 2.19. The molecule has 0 radical (unpaired) electrons. The van der Waals surface area contributed by atoms with Crippen LogP contribution in [0.25, 0.3) is 0 Å². The van der Waals surface area contributed by atoms with E-state index in [-0.39, 0.29) is 0 Å². The van der Waals surface area contributed by atoms with Crippen molar-refractivity contribution in [1.29, 1.82) is 0 Å². The predicted molar refractivity (Wildman–Crippen MR) is 58.3 cm³/mol. The van der Waals surface area contributed by atoms with E-state index in [2.05, 4.69) is 12.2 Å². The van der Waals surface area contributed by atoms with Gasteiger partial charge in [0.25, 0.3) is 0 Å². The van der Waals surface area contributed by atoms with Gasteiger partial charge in [0.05, 0.1) is 0 Å². The van der Waals surface area contributed by atoms with E-state index in [0.29, 0.717) is 0 Å². The topological polar surface area (TPSA) is 21.3 Å². The van der Waals surface area contributed by atoms with Crippen LogP contribution in [0.1, 0.15) is 39.0 Å². The molecule has 0 aromatic rings. The Bertz CT molecular complexity index is 162. The fourth-order valence-corrected chi connectivity index (χ4v) is 2.25. The number of ether oxygens (including phenoxy) is 1. The summed E-state index contributed by atoms with van der Waals surface area (Å²) in [6.07, 6.45) is 6.78. The van der Waals surface area contributed by atoms with Crippen LogP contribution in [0.15, 0.2) is 0 Å². The highest BCUT2D eigenvalue weighted by Crippen LogP contribution is 2.25. The summed E-state index contributed by atoms with van der Waals surface area (Å²) < 4.78 is 5.52. The van der Waals surface area contributed by atoms with E-state index in [1.807, 2.05) is 0 Å². The van der Waals surface area contributed by atoms with Gasteiger partial charge in [-0.25, -0.2) is 0 Å². The third-order valence-corrected chi connectivity index (χ3v) is 3.61. The fourth-order valence-electron chi connectivity index (χ4n) is 2.25. The van der Waals surface area contributed by atoms with Gasteiger partial charge in [-0.3, -0.25) is 0 Å². The van der Waals surface area contributed by atoms with Gasteiger partial charge >= 0.3 is 0 Å². The van der Waals surface area contributed by atoms with Gasteiger partial charge in [-0.1, -0.05) is 6.92 Å². The molecule has 0 spiro atoms. The van der Waals surface area contributed by atoms with E-state index in [1.54, 1.807) is 0 Å². The van der Waals surface area contributed by atoms with Gasteiger partial charge in [0, 0.05) is 19.3 Å². The summed E-state index contributed by atoms with van der Waals surface area (Å²) in [6.45, 7) is 5.59. The number of hydrogen-bond acceptors (Lipinski definition) is 2. The van der Waals surface area contributed by atoms with E-state index in [4.69, 9.17) is 4.74 Å². The van der Waals surface area contributed by atoms with Crippen LogP contribution in [0.2, 0.25) is 0 Å². The highest BCUT2D eigenvalue weighted by molar-refractivity contribution is 4.81. The minimum absolute atomic E-state index is 0.824. The molecule has 2 atom stereocenters. The van der Waals surface area contributed by atoms with Gasteiger partial charge in [0.15, 0.2) is 0 Å². The summed E-state index contributed by atoms with van der Waals surface area (Å²) in [5.74, 6) is 1.66. The summed E-state index contributed by atoms with van der Waals surface area (Å²) in [5.41, 5.74) is 0. The number of rotatable bonds is 5. The summed E-state index contributed by atoms with van der Waals surface area (Å²) in [7, 11) is 0. The van der Waals surface area contributed by atoms with E-state index < -0.39 is 0 Å². The minimum Gasteiger partial charge on any atom is -0.381 e. The molecule has 2 unspecified atom stereocenters. The lowest BCUT2D eigenvalue weighted by Gasteiger charge is -2.27. The molecule has 0 bridgehead atoms. The Morgan fingerprint density at radius 2 is 2.21 bits per heavy atom. The van der Waals surface area contributed by atoms with E-state index in [9.17, 15) is 0 Å². The Labute approximate surface area is 87.4 Å². The molecule has 0 aromatic carbocycles. The van der Waals surface area contributed by atoms with Crippen LogP contribution < -0.4 is 5.32 Å². The molecule has 82 valence electrons.